The number of amides is 2. The first-order valence-corrected chi connectivity index (χ1v) is 6.19. The first-order valence-electron chi connectivity index (χ1n) is 6.19. The molecule has 4 nitrogen and oxygen atoms in total. The van der Waals surface area contributed by atoms with Crippen LogP contribution in [0.5, 0.6) is 0 Å². The zero-order valence-electron chi connectivity index (χ0n) is 11.1. The van der Waals surface area contributed by atoms with Gasteiger partial charge in [0.05, 0.1) is 11.7 Å². The molecule has 0 saturated carbocycles. The molecular weight excluding hydrogens is 204 g/mol. The number of carbonyl (C=O) groups is 1. The lowest BCUT2D eigenvalue weighted by Crippen LogP contribution is -2.46. The van der Waals surface area contributed by atoms with Crippen molar-refractivity contribution in [3.05, 3.63) is 0 Å². The maximum atomic E-state index is 11.6. The molecule has 0 aliphatic carbocycles. The average Bonchev–Trinajstić information content (AvgIpc) is 2.91. The third-order valence-electron chi connectivity index (χ3n) is 3.36. The third kappa shape index (κ3) is 2.48. The largest absolute Gasteiger partial charge is 0.366 e. The molecule has 16 heavy (non-hydrogen) atoms. The van der Waals surface area contributed by atoms with Gasteiger partial charge in [0.2, 0.25) is 0 Å². The fraction of sp³-hybridized carbons (Fsp3) is 0.917. The molecule has 0 bridgehead atoms. The average molecular weight is 228 g/mol. The Bertz CT molecular complexity index is 245. The van der Waals surface area contributed by atoms with Crippen molar-refractivity contribution in [3.8, 4) is 0 Å². The molecule has 2 aliphatic heterocycles. The van der Waals surface area contributed by atoms with Crippen LogP contribution in [0.4, 0.5) is 4.79 Å². The molecule has 2 rings (SSSR count). The van der Waals surface area contributed by atoms with Gasteiger partial charge >= 0.3 is 6.03 Å². The molecule has 2 fully saturated rings. The molecule has 1 atom stereocenters. The summed E-state index contributed by atoms with van der Waals surface area (Å²) in [4.78, 5) is 15.2. The fourth-order valence-corrected chi connectivity index (χ4v) is 2.20. The summed E-state index contributed by atoms with van der Waals surface area (Å²) in [5.74, 6) is 0. The molecule has 1 spiro atoms. The first-order chi connectivity index (χ1) is 7.55. The number of epoxide rings is 1. The van der Waals surface area contributed by atoms with Crippen molar-refractivity contribution in [3.63, 3.8) is 0 Å². The van der Waals surface area contributed by atoms with E-state index < -0.39 is 0 Å². The van der Waals surface area contributed by atoms with E-state index in [0.29, 0.717) is 6.10 Å². The summed E-state index contributed by atoms with van der Waals surface area (Å²) in [6, 6.07) is 0.119. The molecule has 0 N–H and O–H groups in total. The van der Waals surface area contributed by atoms with Gasteiger partial charge in [0.1, 0.15) is 0 Å². The smallest absolute Gasteiger partial charge is 0.319 e. The molecule has 0 aromatic carbocycles. The van der Waals surface area contributed by atoms with Crippen molar-refractivity contribution in [2.24, 2.45) is 0 Å². The van der Waals surface area contributed by atoms with Crippen molar-refractivity contribution in [1.29, 1.82) is 0 Å². The van der Waals surface area contributed by atoms with Gasteiger partial charge in [0.15, 0.2) is 0 Å². The lowest BCUT2D eigenvalue weighted by molar-refractivity contribution is 0.132. The van der Waals surface area contributed by atoms with Crippen LogP contribution in [-0.4, -0.2) is 54.7 Å². The highest BCUT2D eigenvalue weighted by atomic mass is 16.6. The SMILES string of the molecule is CC.CC1OC12CCN(C(=O)N(C)C)CC2. The molecule has 0 radical (unpaired) electrons. The second-order valence-corrected chi connectivity index (χ2v) is 4.49. The Balaban J connectivity index is 0.000000606. The highest BCUT2D eigenvalue weighted by Gasteiger charge is 2.54. The number of ether oxygens (including phenoxy) is 1. The number of rotatable bonds is 0. The van der Waals surface area contributed by atoms with E-state index in [9.17, 15) is 4.79 Å². The minimum Gasteiger partial charge on any atom is -0.366 e. The molecule has 0 aromatic heterocycles. The first kappa shape index (κ1) is 13.3. The third-order valence-corrected chi connectivity index (χ3v) is 3.36. The van der Waals surface area contributed by atoms with Crippen LogP contribution in [-0.2, 0) is 4.74 Å². The van der Waals surface area contributed by atoms with Gasteiger partial charge in [-0.05, 0) is 19.8 Å². The minimum absolute atomic E-state index is 0.119. The topological polar surface area (TPSA) is 36.1 Å². The van der Waals surface area contributed by atoms with E-state index in [2.05, 4.69) is 6.92 Å². The monoisotopic (exact) mass is 228 g/mol. The number of likely N-dealkylation sites (tertiary alicyclic amines) is 1. The number of piperidine rings is 1. The van der Waals surface area contributed by atoms with Gasteiger partial charge in [-0.1, -0.05) is 13.8 Å². The summed E-state index contributed by atoms with van der Waals surface area (Å²) in [5.41, 5.74) is 0.128. The Morgan fingerprint density at radius 2 is 1.75 bits per heavy atom. The van der Waals surface area contributed by atoms with E-state index in [0.717, 1.165) is 25.9 Å². The van der Waals surface area contributed by atoms with E-state index in [-0.39, 0.29) is 11.6 Å². The van der Waals surface area contributed by atoms with Crippen molar-refractivity contribution < 1.29 is 9.53 Å². The Hall–Kier alpha value is -0.770. The molecular formula is C12H24N2O2. The summed E-state index contributed by atoms with van der Waals surface area (Å²) in [7, 11) is 3.59. The van der Waals surface area contributed by atoms with Crippen LogP contribution in [0.2, 0.25) is 0 Å². The number of hydrogen-bond donors (Lipinski definition) is 0. The lowest BCUT2D eigenvalue weighted by Gasteiger charge is -2.32. The van der Waals surface area contributed by atoms with E-state index in [1.165, 1.54) is 0 Å². The molecule has 0 aromatic rings. The van der Waals surface area contributed by atoms with Crippen LogP contribution < -0.4 is 0 Å². The van der Waals surface area contributed by atoms with E-state index in [1.54, 1.807) is 19.0 Å². The van der Waals surface area contributed by atoms with Gasteiger partial charge in [0.25, 0.3) is 0 Å². The van der Waals surface area contributed by atoms with Crippen LogP contribution in [0.1, 0.15) is 33.6 Å². The molecule has 94 valence electrons. The molecule has 2 saturated heterocycles. The summed E-state index contributed by atoms with van der Waals surface area (Å²) < 4.78 is 5.58. The van der Waals surface area contributed by atoms with Gasteiger partial charge in [-0.15, -0.1) is 0 Å². The maximum absolute atomic E-state index is 11.6. The van der Waals surface area contributed by atoms with Crippen LogP contribution >= 0.6 is 0 Å². The summed E-state index contributed by atoms with van der Waals surface area (Å²) >= 11 is 0. The quantitative estimate of drug-likeness (QED) is 0.594. The second kappa shape index (κ2) is 5.04. The highest BCUT2D eigenvalue weighted by Crippen LogP contribution is 2.44. The number of urea groups is 1. The zero-order valence-corrected chi connectivity index (χ0v) is 11.1. The Labute approximate surface area is 98.5 Å². The molecule has 2 aliphatic rings. The van der Waals surface area contributed by atoms with Gasteiger partial charge in [-0.2, -0.15) is 0 Å². The number of hydrogen-bond acceptors (Lipinski definition) is 2. The van der Waals surface area contributed by atoms with Crippen molar-refractivity contribution >= 4 is 6.03 Å². The molecule has 2 heterocycles. The normalized spacial score (nSPS) is 25.8. The van der Waals surface area contributed by atoms with Gasteiger partial charge in [0, 0.05) is 27.2 Å². The van der Waals surface area contributed by atoms with Gasteiger partial charge in [-0.3, -0.25) is 0 Å². The number of nitrogens with zero attached hydrogens (tertiary/aromatic N) is 2. The van der Waals surface area contributed by atoms with Crippen LogP contribution in [0, 0.1) is 0 Å². The minimum atomic E-state index is 0.119. The van der Waals surface area contributed by atoms with Crippen molar-refractivity contribution in [2.45, 2.75) is 45.3 Å². The molecule has 1 unspecified atom stereocenters. The Morgan fingerprint density at radius 1 is 1.31 bits per heavy atom. The zero-order chi connectivity index (χ0) is 12.3. The Morgan fingerprint density at radius 3 is 2.06 bits per heavy atom. The van der Waals surface area contributed by atoms with E-state index in [4.69, 9.17) is 4.74 Å². The Kier molecular flexibility index (Phi) is 4.19. The molecule has 4 heteroatoms. The molecule has 2 amide bonds. The van der Waals surface area contributed by atoms with Crippen molar-refractivity contribution in [1.82, 2.24) is 9.80 Å². The van der Waals surface area contributed by atoms with Crippen LogP contribution in [0.15, 0.2) is 0 Å². The standard InChI is InChI=1S/C10H18N2O2.C2H6/c1-8-10(14-8)4-6-12(7-5-10)9(13)11(2)3;1-2/h8H,4-7H2,1-3H3;1-2H3. The fourth-order valence-electron chi connectivity index (χ4n) is 2.20. The van der Waals surface area contributed by atoms with Crippen LogP contribution in [0.3, 0.4) is 0 Å². The van der Waals surface area contributed by atoms with Gasteiger partial charge in [-0.25, -0.2) is 4.79 Å². The highest BCUT2D eigenvalue weighted by molar-refractivity contribution is 5.73. The van der Waals surface area contributed by atoms with E-state index in [1.807, 2.05) is 18.7 Å². The van der Waals surface area contributed by atoms with E-state index >= 15 is 0 Å². The lowest BCUT2D eigenvalue weighted by atomic mass is 9.94. The predicted molar refractivity (Wildman–Crippen MR) is 64.5 cm³/mol. The van der Waals surface area contributed by atoms with Crippen molar-refractivity contribution in [2.75, 3.05) is 27.2 Å². The maximum Gasteiger partial charge on any atom is 0.319 e. The summed E-state index contributed by atoms with van der Waals surface area (Å²) in [6.07, 6.45) is 2.39. The second-order valence-electron chi connectivity index (χ2n) is 4.49. The summed E-state index contributed by atoms with van der Waals surface area (Å²) in [6.45, 7) is 7.78. The predicted octanol–water partition coefficient (Wildman–Crippen LogP) is 1.95. The number of carbonyl (C=O) groups excluding carboxylic acids is 1. The van der Waals surface area contributed by atoms with Crippen LogP contribution in [0.25, 0.3) is 0 Å². The summed E-state index contributed by atoms with van der Waals surface area (Å²) in [5, 5.41) is 0. The van der Waals surface area contributed by atoms with Gasteiger partial charge < -0.3 is 14.5 Å².